The Kier molecular flexibility index (Phi) is 4.20. The van der Waals surface area contributed by atoms with Crippen LogP contribution >= 0.6 is 11.8 Å². The number of nitrogens with zero attached hydrogens (tertiary/aromatic N) is 1. The van der Waals surface area contributed by atoms with Crippen molar-refractivity contribution >= 4 is 22.7 Å². The Morgan fingerprint density at radius 3 is 2.50 bits per heavy atom. The van der Waals surface area contributed by atoms with Crippen LogP contribution in [0, 0.1) is 0 Å². The molecule has 0 aliphatic heterocycles. The standard InChI is InChI=1S/C20H13F3N2S/c21-20(22,23)14-6-7-17-13(10-14)11-18(25-17)16-8-9-24-12-19(16)26-15-4-2-1-3-5-15/h1-12,25H. The molecule has 2 aromatic heterocycles. The van der Waals surface area contributed by atoms with Gasteiger partial charge in [0.05, 0.1) is 5.56 Å². The number of aromatic nitrogens is 2. The molecule has 0 atom stereocenters. The van der Waals surface area contributed by atoms with Crippen LogP contribution in [0.3, 0.4) is 0 Å². The largest absolute Gasteiger partial charge is 0.416 e. The second-order valence-electron chi connectivity index (χ2n) is 5.77. The van der Waals surface area contributed by atoms with Gasteiger partial charge in [0.2, 0.25) is 0 Å². The minimum absolute atomic E-state index is 0.530. The van der Waals surface area contributed by atoms with Gasteiger partial charge in [0.15, 0.2) is 0 Å². The van der Waals surface area contributed by atoms with Crippen LogP contribution in [0.2, 0.25) is 0 Å². The summed E-state index contributed by atoms with van der Waals surface area (Å²) in [6.07, 6.45) is -0.909. The van der Waals surface area contributed by atoms with Crippen LogP contribution in [0.25, 0.3) is 22.2 Å². The van der Waals surface area contributed by atoms with Gasteiger partial charge in [-0.15, -0.1) is 0 Å². The van der Waals surface area contributed by atoms with Crippen LogP contribution in [-0.2, 0) is 6.18 Å². The lowest BCUT2D eigenvalue weighted by Gasteiger charge is -2.07. The van der Waals surface area contributed by atoms with Gasteiger partial charge < -0.3 is 4.98 Å². The summed E-state index contributed by atoms with van der Waals surface area (Å²) in [5.74, 6) is 0. The summed E-state index contributed by atoms with van der Waals surface area (Å²) in [7, 11) is 0. The lowest BCUT2D eigenvalue weighted by atomic mass is 10.1. The molecule has 26 heavy (non-hydrogen) atoms. The zero-order valence-electron chi connectivity index (χ0n) is 13.4. The lowest BCUT2D eigenvalue weighted by molar-refractivity contribution is -0.137. The summed E-state index contributed by atoms with van der Waals surface area (Å²) in [4.78, 5) is 9.39. The summed E-state index contributed by atoms with van der Waals surface area (Å²) in [5, 5.41) is 0.530. The second kappa shape index (κ2) is 6.53. The van der Waals surface area contributed by atoms with Crippen molar-refractivity contribution in [1.82, 2.24) is 9.97 Å². The quantitative estimate of drug-likeness (QED) is 0.452. The van der Waals surface area contributed by atoms with Gasteiger partial charge in [-0.05, 0) is 42.5 Å². The van der Waals surface area contributed by atoms with Crippen molar-refractivity contribution in [3.05, 3.63) is 78.6 Å². The number of alkyl halides is 3. The molecule has 6 heteroatoms. The first kappa shape index (κ1) is 16.7. The minimum atomic E-state index is -4.35. The highest BCUT2D eigenvalue weighted by Gasteiger charge is 2.30. The summed E-state index contributed by atoms with van der Waals surface area (Å²) in [6, 6.07) is 17.2. The highest BCUT2D eigenvalue weighted by molar-refractivity contribution is 7.99. The number of fused-ring (bicyclic) bond motifs is 1. The Balaban J connectivity index is 1.76. The van der Waals surface area contributed by atoms with Gasteiger partial charge in [0.1, 0.15) is 0 Å². The lowest BCUT2D eigenvalue weighted by Crippen LogP contribution is -2.03. The molecule has 0 unspecified atom stereocenters. The third-order valence-corrected chi connectivity index (χ3v) is 5.05. The normalized spacial score (nSPS) is 11.8. The zero-order valence-corrected chi connectivity index (χ0v) is 14.2. The maximum atomic E-state index is 12.9. The second-order valence-corrected chi connectivity index (χ2v) is 6.89. The van der Waals surface area contributed by atoms with Gasteiger partial charge in [-0.3, -0.25) is 4.98 Å². The monoisotopic (exact) mass is 370 g/mol. The fraction of sp³-hybridized carbons (Fsp3) is 0.0500. The van der Waals surface area contributed by atoms with E-state index in [-0.39, 0.29) is 0 Å². The van der Waals surface area contributed by atoms with E-state index in [1.54, 1.807) is 30.2 Å². The van der Waals surface area contributed by atoms with E-state index < -0.39 is 11.7 Å². The number of hydrogen-bond acceptors (Lipinski definition) is 2. The van der Waals surface area contributed by atoms with Crippen molar-refractivity contribution in [2.75, 3.05) is 0 Å². The molecule has 0 radical (unpaired) electrons. The maximum absolute atomic E-state index is 12.9. The van der Waals surface area contributed by atoms with Crippen molar-refractivity contribution in [2.45, 2.75) is 16.0 Å². The molecule has 130 valence electrons. The van der Waals surface area contributed by atoms with E-state index >= 15 is 0 Å². The van der Waals surface area contributed by atoms with Crippen molar-refractivity contribution in [3.8, 4) is 11.3 Å². The van der Waals surface area contributed by atoms with Crippen molar-refractivity contribution < 1.29 is 13.2 Å². The predicted octanol–water partition coefficient (Wildman–Crippen LogP) is 6.40. The minimum Gasteiger partial charge on any atom is -0.354 e. The molecular weight excluding hydrogens is 357 g/mol. The maximum Gasteiger partial charge on any atom is 0.416 e. The zero-order chi connectivity index (χ0) is 18.1. The Morgan fingerprint density at radius 2 is 1.73 bits per heavy atom. The van der Waals surface area contributed by atoms with E-state index in [2.05, 4.69) is 9.97 Å². The topological polar surface area (TPSA) is 28.7 Å². The van der Waals surface area contributed by atoms with E-state index in [0.717, 1.165) is 27.1 Å². The predicted molar refractivity (Wildman–Crippen MR) is 97.1 cm³/mol. The molecule has 0 amide bonds. The number of aromatic amines is 1. The number of hydrogen-bond donors (Lipinski definition) is 1. The van der Waals surface area contributed by atoms with Crippen LogP contribution in [0.4, 0.5) is 13.2 Å². The van der Waals surface area contributed by atoms with Crippen molar-refractivity contribution in [2.24, 2.45) is 0 Å². The molecule has 2 heterocycles. The molecule has 2 aromatic carbocycles. The molecule has 1 N–H and O–H groups in total. The van der Waals surface area contributed by atoms with Crippen LogP contribution < -0.4 is 0 Å². The Hall–Kier alpha value is -2.73. The third-order valence-electron chi connectivity index (χ3n) is 3.99. The molecule has 0 saturated carbocycles. The fourth-order valence-corrected chi connectivity index (χ4v) is 3.70. The van der Waals surface area contributed by atoms with E-state index in [0.29, 0.717) is 10.9 Å². The molecule has 4 rings (SSSR count). The summed E-state index contributed by atoms with van der Waals surface area (Å²) >= 11 is 1.56. The first-order chi connectivity index (χ1) is 12.5. The number of benzene rings is 2. The Labute approximate surface area is 152 Å². The number of rotatable bonds is 3. The molecule has 4 aromatic rings. The van der Waals surface area contributed by atoms with Crippen LogP contribution in [0.15, 0.2) is 82.8 Å². The first-order valence-corrected chi connectivity index (χ1v) is 8.69. The summed E-state index contributed by atoms with van der Waals surface area (Å²) in [6.45, 7) is 0. The molecular formula is C20H13F3N2S. The summed E-state index contributed by atoms with van der Waals surface area (Å²) < 4.78 is 38.8. The first-order valence-electron chi connectivity index (χ1n) is 7.88. The molecule has 0 fully saturated rings. The molecule has 0 bridgehead atoms. The number of H-pyrrole nitrogens is 1. The van der Waals surface area contributed by atoms with Gasteiger partial charge in [0, 0.05) is 44.3 Å². The van der Waals surface area contributed by atoms with Gasteiger partial charge in [-0.25, -0.2) is 0 Å². The average Bonchev–Trinajstić information content (AvgIpc) is 3.05. The highest BCUT2D eigenvalue weighted by atomic mass is 32.2. The SMILES string of the molecule is FC(F)(F)c1ccc2[nH]c(-c3ccncc3Sc3ccccc3)cc2c1. The summed E-state index contributed by atoms with van der Waals surface area (Å²) in [5.41, 5.74) is 1.68. The van der Waals surface area contributed by atoms with Gasteiger partial charge in [0.25, 0.3) is 0 Å². The number of nitrogens with one attached hydrogen (secondary N) is 1. The molecule has 0 aliphatic rings. The number of pyridine rings is 1. The fourth-order valence-electron chi connectivity index (χ4n) is 2.75. The van der Waals surface area contributed by atoms with E-state index in [1.165, 1.54) is 12.1 Å². The molecule has 2 nitrogen and oxygen atoms in total. The van der Waals surface area contributed by atoms with Crippen molar-refractivity contribution in [3.63, 3.8) is 0 Å². The molecule has 0 spiro atoms. The van der Waals surface area contributed by atoms with Crippen LogP contribution in [0.5, 0.6) is 0 Å². The van der Waals surface area contributed by atoms with Crippen molar-refractivity contribution in [1.29, 1.82) is 0 Å². The third kappa shape index (κ3) is 3.32. The number of halogens is 3. The van der Waals surface area contributed by atoms with Gasteiger partial charge in [-0.1, -0.05) is 30.0 Å². The Bertz CT molecular complexity index is 1060. The van der Waals surface area contributed by atoms with E-state index in [4.69, 9.17) is 0 Å². The Morgan fingerprint density at radius 1 is 0.923 bits per heavy atom. The van der Waals surface area contributed by atoms with Crippen LogP contribution in [-0.4, -0.2) is 9.97 Å². The molecule has 0 aliphatic carbocycles. The van der Waals surface area contributed by atoms with E-state index in [9.17, 15) is 13.2 Å². The van der Waals surface area contributed by atoms with Crippen LogP contribution in [0.1, 0.15) is 5.56 Å². The smallest absolute Gasteiger partial charge is 0.354 e. The van der Waals surface area contributed by atoms with E-state index in [1.807, 2.05) is 36.4 Å². The van der Waals surface area contributed by atoms with Gasteiger partial charge in [-0.2, -0.15) is 13.2 Å². The van der Waals surface area contributed by atoms with Gasteiger partial charge >= 0.3 is 6.18 Å². The average molecular weight is 370 g/mol. The molecule has 0 saturated heterocycles. The highest BCUT2D eigenvalue weighted by Crippen LogP contribution is 2.37.